The Balaban J connectivity index is 1.85. The summed E-state index contributed by atoms with van der Waals surface area (Å²) in [6.07, 6.45) is 10.3. The number of Topliss-reactive ketones (excluding diaryl/α,β-unsaturated/α-hetero) is 1. The van der Waals surface area contributed by atoms with Crippen LogP contribution in [0.25, 0.3) is 0 Å². The minimum absolute atomic E-state index is 0.0628. The maximum absolute atomic E-state index is 11.8. The fraction of sp³-hybridized carbons (Fsp3) is 0.190. The van der Waals surface area contributed by atoms with Crippen LogP contribution in [0.3, 0.4) is 0 Å². The van der Waals surface area contributed by atoms with Crippen LogP contribution in [0, 0.1) is 5.92 Å². The fourth-order valence-electron chi connectivity index (χ4n) is 2.97. The fourth-order valence-corrected chi connectivity index (χ4v) is 4.29. The molecule has 3 heteroatoms. The van der Waals surface area contributed by atoms with Crippen molar-refractivity contribution in [1.29, 1.82) is 0 Å². The van der Waals surface area contributed by atoms with Crippen LogP contribution in [0.2, 0.25) is 0 Å². The van der Waals surface area contributed by atoms with Gasteiger partial charge in [-0.2, -0.15) is 0 Å². The Labute approximate surface area is 144 Å². The number of phenolic OH excluding ortho intramolecular Hbond substituents is 1. The van der Waals surface area contributed by atoms with Gasteiger partial charge in [0.2, 0.25) is 0 Å². The number of hydrogen-bond acceptors (Lipinski definition) is 2. The van der Waals surface area contributed by atoms with E-state index in [9.17, 15) is 9.90 Å². The number of allylic oxidation sites excluding steroid dienone is 4. The molecule has 24 heavy (non-hydrogen) atoms. The number of carbonyl (C=O) groups excluding carboxylic acids is 1. The van der Waals surface area contributed by atoms with Gasteiger partial charge in [-0.3, -0.25) is 4.79 Å². The van der Waals surface area contributed by atoms with Crippen molar-refractivity contribution < 1.29 is 9.90 Å². The topological polar surface area (TPSA) is 37.3 Å². The predicted octanol–water partition coefficient (Wildman–Crippen LogP) is 3.90. The average Bonchev–Trinajstić information content (AvgIpc) is 2.60. The van der Waals surface area contributed by atoms with Crippen LogP contribution < -0.4 is 10.6 Å². The summed E-state index contributed by atoms with van der Waals surface area (Å²) in [5.41, 5.74) is 1.71. The molecule has 122 valence electrons. The van der Waals surface area contributed by atoms with E-state index in [0.29, 0.717) is 11.7 Å². The van der Waals surface area contributed by atoms with Gasteiger partial charge in [0.15, 0.2) is 5.78 Å². The van der Waals surface area contributed by atoms with E-state index in [2.05, 4.69) is 24.3 Å². The summed E-state index contributed by atoms with van der Waals surface area (Å²) in [5, 5.41) is 12.6. The van der Waals surface area contributed by atoms with E-state index in [-0.39, 0.29) is 14.4 Å². The van der Waals surface area contributed by atoms with Crippen molar-refractivity contribution >= 4 is 25.0 Å². The summed E-state index contributed by atoms with van der Waals surface area (Å²) < 4.78 is 0. The molecule has 2 unspecified atom stereocenters. The number of carbonyl (C=O) groups is 1. The third kappa shape index (κ3) is 3.83. The molecule has 0 amide bonds. The van der Waals surface area contributed by atoms with Gasteiger partial charge in [0.25, 0.3) is 0 Å². The van der Waals surface area contributed by atoms with Crippen LogP contribution >= 0.6 is 8.58 Å². The van der Waals surface area contributed by atoms with Gasteiger partial charge in [-0.25, -0.2) is 0 Å². The van der Waals surface area contributed by atoms with Gasteiger partial charge in [0.05, 0.1) is 0 Å². The number of aromatic hydroxyl groups is 1. The van der Waals surface area contributed by atoms with Gasteiger partial charge < -0.3 is 5.11 Å². The summed E-state index contributed by atoms with van der Waals surface area (Å²) in [5.74, 6) is 0.869. The molecule has 2 nitrogen and oxygen atoms in total. The number of ketones is 1. The lowest BCUT2D eigenvalue weighted by molar-refractivity contribution is 0.101. The minimum atomic E-state index is 0.0628. The highest BCUT2D eigenvalue weighted by Gasteiger charge is 2.14. The zero-order valence-corrected chi connectivity index (χ0v) is 14.7. The molecular weight excluding hydrogens is 315 g/mol. The summed E-state index contributed by atoms with van der Waals surface area (Å²) in [6, 6.07) is 13.6. The van der Waals surface area contributed by atoms with Crippen molar-refractivity contribution in [3.05, 3.63) is 77.9 Å². The van der Waals surface area contributed by atoms with Gasteiger partial charge in [0, 0.05) is 10.9 Å². The molecule has 1 aliphatic rings. The molecule has 0 fully saturated rings. The van der Waals surface area contributed by atoms with Crippen molar-refractivity contribution in [2.75, 3.05) is 0 Å². The van der Waals surface area contributed by atoms with Gasteiger partial charge in [-0.05, 0) is 36.6 Å². The lowest BCUT2D eigenvalue weighted by atomic mass is 9.93. The molecule has 0 spiro atoms. The molecule has 2 atom stereocenters. The van der Waals surface area contributed by atoms with E-state index >= 15 is 0 Å². The quantitative estimate of drug-likeness (QED) is 0.664. The van der Waals surface area contributed by atoms with Crippen molar-refractivity contribution in [2.24, 2.45) is 5.92 Å². The highest BCUT2D eigenvalue weighted by atomic mass is 31.1. The van der Waals surface area contributed by atoms with Crippen molar-refractivity contribution in [3.8, 4) is 5.75 Å². The first-order valence-corrected chi connectivity index (χ1v) is 9.16. The second kappa shape index (κ2) is 7.59. The molecule has 0 aliphatic heterocycles. The largest absolute Gasteiger partial charge is 0.507 e. The van der Waals surface area contributed by atoms with Crippen molar-refractivity contribution in [1.82, 2.24) is 0 Å². The van der Waals surface area contributed by atoms with Crippen LogP contribution in [-0.4, -0.2) is 10.9 Å². The third-order valence-electron chi connectivity index (χ3n) is 4.25. The van der Waals surface area contributed by atoms with E-state index in [4.69, 9.17) is 0 Å². The molecule has 2 aromatic rings. The highest BCUT2D eigenvalue weighted by Crippen LogP contribution is 2.27. The molecule has 0 aromatic heterocycles. The monoisotopic (exact) mass is 336 g/mol. The Hall–Kier alpha value is -2.18. The highest BCUT2D eigenvalue weighted by molar-refractivity contribution is 7.56. The SMILES string of the molecule is CC(=O)c1ccccc1Pc1cccc(CC2C=CC=CC2)c1O. The predicted molar refractivity (Wildman–Crippen MR) is 102 cm³/mol. The molecular formula is C21H21O2P. The minimum Gasteiger partial charge on any atom is -0.507 e. The normalized spacial score (nSPS) is 16.8. The first kappa shape index (κ1) is 16.7. The van der Waals surface area contributed by atoms with Crippen LogP contribution in [0.4, 0.5) is 0 Å². The van der Waals surface area contributed by atoms with Gasteiger partial charge >= 0.3 is 0 Å². The third-order valence-corrected chi connectivity index (χ3v) is 5.62. The van der Waals surface area contributed by atoms with Crippen LogP contribution in [-0.2, 0) is 6.42 Å². The molecule has 0 radical (unpaired) electrons. The second-order valence-electron chi connectivity index (χ2n) is 6.05. The van der Waals surface area contributed by atoms with E-state index < -0.39 is 0 Å². The zero-order valence-electron chi connectivity index (χ0n) is 13.7. The lowest BCUT2D eigenvalue weighted by Gasteiger charge is -2.16. The van der Waals surface area contributed by atoms with Crippen molar-refractivity contribution in [2.45, 2.75) is 19.8 Å². The standard InChI is InChI=1S/C21H21O2P/c1-15(22)18-11-5-6-12-19(18)24-20-13-7-10-17(21(20)23)14-16-8-3-2-4-9-16/h2-8,10-13,16,23-24H,9,14H2,1H3. The Morgan fingerprint density at radius 3 is 2.67 bits per heavy atom. The number of benzene rings is 2. The Kier molecular flexibility index (Phi) is 5.27. The van der Waals surface area contributed by atoms with E-state index in [1.807, 2.05) is 42.5 Å². The lowest BCUT2D eigenvalue weighted by Crippen LogP contribution is -2.13. The van der Waals surface area contributed by atoms with Gasteiger partial charge in [0.1, 0.15) is 5.75 Å². The Bertz CT molecular complexity index is 805. The molecule has 0 heterocycles. The number of para-hydroxylation sites is 1. The number of phenols is 1. The molecule has 2 aromatic carbocycles. The van der Waals surface area contributed by atoms with E-state index in [1.54, 1.807) is 6.92 Å². The zero-order chi connectivity index (χ0) is 16.9. The van der Waals surface area contributed by atoms with E-state index in [1.165, 1.54) is 0 Å². The van der Waals surface area contributed by atoms with Crippen LogP contribution in [0.15, 0.2) is 66.8 Å². The molecule has 0 saturated carbocycles. The van der Waals surface area contributed by atoms with E-state index in [0.717, 1.165) is 34.6 Å². The Morgan fingerprint density at radius 2 is 1.92 bits per heavy atom. The van der Waals surface area contributed by atoms with Crippen LogP contribution in [0.5, 0.6) is 5.75 Å². The Morgan fingerprint density at radius 1 is 1.12 bits per heavy atom. The first-order chi connectivity index (χ1) is 11.6. The van der Waals surface area contributed by atoms with Gasteiger partial charge in [-0.15, -0.1) is 0 Å². The molecule has 1 N–H and O–H groups in total. The maximum Gasteiger partial charge on any atom is 0.160 e. The summed E-state index contributed by atoms with van der Waals surface area (Å²) in [6.45, 7) is 1.59. The van der Waals surface area contributed by atoms with Gasteiger partial charge in [-0.1, -0.05) is 75.3 Å². The van der Waals surface area contributed by atoms with Crippen molar-refractivity contribution in [3.63, 3.8) is 0 Å². The molecule has 0 bridgehead atoms. The smallest absolute Gasteiger partial charge is 0.160 e. The second-order valence-corrected chi connectivity index (χ2v) is 7.38. The average molecular weight is 336 g/mol. The molecule has 3 rings (SSSR count). The van der Waals surface area contributed by atoms with Crippen LogP contribution in [0.1, 0.15) is 29.3 Å². The molecule has 0 saturated heterocycles. The number of hydrogen-bond donors (Lipinski definition) is 1. The summed E-state index contributed by atoms with van der Waals surface area (Å²) in [4.78, 5) is 11.8. The number of rotatable bonds is 5. The first-order valence-electron chi connectivity index (χ1n) is 8.16. The summed E-state index contributed by atoms with van der Waals surface area (Å²) >= 11 is 0. The summed E-state index contributed by atoms with van der Waals surface area (Å²) in [7, 11) is 0.273. The maximum atomic E-state index is 11.8. The molecule has 1 aliphatic carbocycles.